The van der Waals surface area contributed by atoms with Gasteiger partial charge in [-0.25, -0.2) is 5.43 Å². The number of hydrazone groups is 1. The van der Waals surface area contributed by atoms with Crippen LogP contribution in [-0.4, -0.2) is 25.8 Å². The SMILES string of the molecule is CCOc1cc(/C=N\NC(=O)c2ccc3ccccc3c2)cc(Cl)c1OC. The third kappa shape index (κ3) is 4.38. The summed E-state index contributed by atoms with van der Waals surface area (Å²) in [5.74, 6) is 0.701. The first-order valence-electron chi connectivity index (χ1n) is 8.45. The van der Waals surface area contributed by atoms with Crippen molar-refractivity contribution in [2.75, 3.05) is 13.7 Å². The predicted molar refractivity (Wildman–Crippen MR) is 108 cm³/mol. The Morgan fingerprint density at radius 2 is 1.93 bits per heavy atom. The van der Waals surface area contributed by atoms with E-state index < -0.39 is 0 Å². The van der Waals surface area contributed by atoms with Gasteiger partial charge in [0.05, 0.1) is 25.0 Å². The van der Waals surface area contributed by atoms with Gasteiger partial charge in [0.2, 0.25) is 0 Å². The van der Waals surface area contributed by atoms with E-state index in [1.165, 1.54) is 13.3 Å². The van der Waals surface area contributed by atoms with E-state index in [1.807, 2.05) is 43.3 Å². The average molecular weight is 383 g/mol. The maximum Gasteiger partial charge on any atom is 0.271 e. The molecule has 0 fully saturated rings. The molecule has 138 valence electrons. The molecule has 0 aliphatic carbocycles. The fourth-order valence-corrected chi connectivity index (χ4v) is 2.98. The smallest absolute Gasteiger partial charge is 0.271 e. The third-order valence-electron chi connectivity index (χ3n) is 3.93. The van der Waals surface area contributed by atoms with Gasteiger partial charge in [-0.2, -0.15) is 5.10 Å². The molecule has 0 unspecified atom stereocenters. The normalized spacial score (nSPS) is 10.9. The Balaban J connectivity index is 1.75. The zero-order valence-corrected chi connectivity index (χ0v) is 15.8. The highest BCUT2D eigenvalue weighted by atomic mass is 35.5. The minimum absolute atomic E-state index is 0.290. The Morgan fingerprint density at radius 1 is 1.15 bits per heavy atom. The van der Waals surface area contributed by atoms with Gasteiger partial charge in [-0.15, -0.1) is 0 Å². The van der Waals surface area contributed by atoms with E-state index in [9.17, 15) is 4.79 Å². The summed E-state index contributed by atoms with van der Waals surface area (Å²) in [6, 6.07) is 16.8. The second-order valence-corrected chi connectivity index (χ2v) is 6.14. The van der Waals surface area contributed by atoms with Crippen molar-refractivity contribution in [2.45, 2.75) is 6.92 Å². The number of carbonyl (C=O) groups is 1. The molecule has 1 N–H and O–H groups in total. The molecule has 0 spiro atoms. The van der Waals surface area contributed by atoms with Crippen LogP contribution in [0.1, 0.15) is 22.8 Å². The van der Waals surface area contributed by atoms with Crippen LogP contribution >= 0.6 is 11.6 Å². The Hall–Kier alpha value is -3.05. The van der Waals surface area contributed by atoms with E-state index in [0.29, 0.717) is 34.3 Å². The number of fused-ring (bicyclic) bond motifs is 1. The van der Waals surface area contributed by atoms with Crippen LogP contribution in [0, 0.1) is 0 Å². The lowest BCUT2D eigenvalue weighted by Gasteiger charge is -2.11. The minimum atomic E-state index is -0.290. The lowest BCUT2D eigenvalue weighted by atomic mass is 10.1. The van der Waals surface area contributed by atoms with E-state index in [4.69, 9.17) is 21.1 Å². The molecule has 0 radical (unpaired) electrons. The van der Waals surface area contributed by atoms with E-state index >= 15 is 0 Å². The minimum Gasteiger partial charge on any atom is -0.491 e. The average Bonchev–Trinajstić information content (AvgIpc) is 2.67. The highest BCUT2D eigenvalue weighted by Gasteiger charge is 2.11. The number of carbonyl (C=O) groups excluding carboxylic acids is 1. The molecular formula is C21H19ClN2O3. The van der Waals surface area contributed by atoms with Gasteiger partial charge in [-0.1, -0.05) is 41.9 Å². The first-order valence-corrected chi connectivity index (χ1v) is 8.82. The molecule has 0 aliphatic rings. The first kappa shape index (κ1) is 18.7. The van der Waals surface area contributed by atoms with Crippen LogP contribution < -0.4 is 14.9 Å². The molecule has 1 amide bonds. The van der Waals surface area contributed by atoms with Crippen LogP contribution in [0.15, 0.2) is 59.7 Å². The summed E-state index contributed by atoms with van der Waals surface area (Å²) >= 11 is 6.21. The zero-order valence-electron chi connectivity index (χ0n) is 15.0. The summed E-state index contributed by atoms with van der Waals surface area (Å²) < 4.78 is 10.8. The maximum atomic E-state index is 12.3. The molecule has 0 saturated carbocycles. The van der Waals surface area contributed by atoms with Crippen LogP contribution in [0.25, 0.3) is 10.8 Å². The van der Waals surface area contributed by atoms with Crippen LogP contribution in [0.3, 0.4) is 0 Å². The monoisotopic (exact) mass is 382 g/mol. The number of hydrogen-bond acceptors (Lipinski definition) is 4. The molecule has 0 aliphatic heterocycles. The van der Waals surface area contributed by atoms with Crippen molar-refractivity contribution >= 4 is 34.5 Å². The lowest BCUT2D eigenvalue weighted by Crippen LogP contribution is -2.17. The van der Waals surface area contributed by atoms with E-state index in [1.54, 1.807) is 18.2 Å². The van der Waals surface area contributed by atoms with Gasteiger partial charge in [0, 0.05) is 5.56 Å². The molecule has 27 heavy (non-hydrogen) atoms. The fourth-order valence-electron chi connectivity index (χ4n) is 2.68. The molecule has 3 aromatic carbocycles. The molecule has 0 heterocycles. The molecule has 5 nitrogen and oxygen atoms in total. The van der Waals surface area contributed by atoms with Crippen molar-refractivity contribution < 1.29 is 14.3 Å². The topological polar surface area (TPSA) is 59.9 Å². The number of methoxy groups -OCH3 is 1. The van der Waals surface area contributed by atoms with E-state index in [2.05, 4.69) is 10.5 Å². The summed E-state index contributed by atoms with van der Waals surface area (Å²) in [5.41, 5.74) is 3.75. The van der Waals surface area contributed by atoms with Crippen molar-refractivity contribution in [2.24, 2.45) is 5.10 Å². The number of amides is 1. The first-order chi connectivity index (χ1) is 13.1. The Bertz CT molecular complexity index is 1000. The summed E-state index contributed by atoms with van der Waals surface area (Å²) in [5, 5.41) is 6.50. The fraction of sp³-hybridized carbons (Fsp3) is 0.143. The number of rotatable bonds is 6. The summed E-state index contributed by atoms with van der Waals surface area (Å²) in [4.78, 5) is 12.3. The number of nitrogens with zero attached hydrogens (tertiary/aromatic N) is 1. The number of ether oxygens (including phenoxy) is 2. The quantitative estimate of drug-likeness (QED) is 0.498. The molecule has 0 aromatic heterocycles. The molecule has 3 aromatic rings. The Morgan fingerprint density at radius 3 is 2.67 bits per heavy atom. The van der Waals surface area contributed by atoms with Crippen LogP contribution in [0.4, 0.5) is 0 Å². The molecule has 0 atom stereocenters. The second kappa shape index (κ2) is 8.56. The molecule has 3 rings (SSSR count). The molecular weight excluding hydrogens is 364 g/mol. The van der Waals surface area contributed by atoms with Crippen LogP contribution in [0.5, 0.6) is 11.5 Å². The van der Waals surface area contributed by atoms with Gasteiger partial charge in [0.15, 0.2) is 11.5 Å². The van der Waals surface area contributed by atoms with Gasteiger partial charge in [-0.05, 0) is 47.5 Å². The van der Waals surface area contributed by atoms with Gasteiger partial charge < -0.3 is 9.47 Å². The highest BCUT2D eigenvalue weighted by Crippen LogP contribution is 2.35. The lowest BCUT2D eigenvalue weighted by molar-refractivity contribution is 0.0955. The molecule has 6 heteroatoms. The Kier molecular flexibility index (Phi) is 5.94. The van der Waals surface area contributed by atoms with Crippen molar-refractivity contribution in [3.05, 3.63) is 70.7 Å². The zero-order chi connectivity index (χ0) is 19.2. The maximum absolute atomic E-state index is 12.3. The van der Waals surface area contributed by atoms with Gasteiger partial charge >= 0.3 is 0 Å². The predicted octanol–water partition coefficient (Wildman–Crippen LogP) is 4.66. The standard InChI is InChI=1S/C21H19ClN2O3/c1-3-27-19-11-14(10-18(22)20(19)26-2)13-23-24-21(25)17-9-8-15-6-4-5-7-16(15)12-17/h4-13H,3H2,1-2H3,(H,24,25)/b23-13-. The van der Waals surface area contributed by atoms with Crippen molar-refractivity contribution in [1.29, 1.82) is 0 Å². The number of benzene rings is 3. The number of hydrogen-bond donors (Lipinski definition) is 1. The van der Waals surface area contributed by atoms with Gasteiger partial charge in [0.25, 0.3) is 5.91 Å². The highest BCUT2D eigenvalue weighted by molar-refractivity contribution is 6.32. The Labute approximate surface area is 162 Å². The summed E-state index contributed by atoms with van der Waals surface area (Å²) in [7, 11) is 1.53. The van der Waals surface area contributed by atoms with Crippen molar-refractivity contribution in [1.82, 2.24) is 5.43 Å². The molecule has 0 saturated heterocycles. The number of halogens is 1. The largest absolute Gasteiger partial charge is 0.491 e. The number of nitrogens with one attached hydrogen (secondary N) is 1. The van der Waals surface area contributed by atoms with E-state index in [0.717, 1.165) is 10.8 Å². The van der Waals surface area contributed by atoms with Crippen LogP contribution in [0.2, 0.25) is 5.02 Å². The summed E-state index contributed by atoms with van der Waals surface area (Å²) in [6.07, 6.45) is 1.51. The van der Waals surface area contributed by atoms with Gasteiger partial charge in [-0.3, -0.25) is 4.79 Å². The molecule has 0 bridgehead atoms. The third-order valence-corrected chi connectivity index (χ3v) is 4.21. The van der Waals surface area contributed by atoms with E-state index in [-0.39, 0.29) is 5.91 Å². The van der Waals surface area contributed by atoms with Gasteiger partial charge in [0.1, 0.15) is 0 Å². The second-order valence-electron chi connectivity index (χ2n) is 5.73. The van der Waals surface area contributed by atoms with Crippen molar-refractivity contribution in [3.63, 3.8) is 0 Å². The van der Waals surface area contributed by atoms with Crippen molar-refractivity contribution in [3.8, 4) is 11.5 Å². The van der Waals surface area contributed by atoms with Crippen LogP contribution in [-0.2, 0) is 0 Å². The summed E-state index contributed by atoms with van der Waals surface area (Å²) in [6.45, 7) is 2.35.